The summed E-state index contributed by atoms with van der Waals surface area (Å²) >= 11 is 0. The first-order chi connectivity index (χ1) is 6.95. The van der Waals surface area contributed by atoms with Gasteiger partial charge in [-0.25, -0.2) is 5.48 Å². The first-order valence-corrected chi connectivity index (χ1v) is 4.16. The van der Waals surface area contributed by atoms with Gasteiger partial charge in [-0.2, -0.15) is 0 Å². The van der Waals surface area contributed by atoms with Crippen molar-refractivity contribution >= 4 is 11.8 Å². The molecule has 3 rings (SSSR count). The molecule has 1 aromatic rings. The number of nitrogens with one attached hydrogen (secondary N) is 1. The Bertz CT molecular complexity index is 559. The van der Waals surface area contributed by atoms with Crippen LogP contribution in [0.15, 0.2) is 39.8 Å². The number of hydroxylamine groups is 1. The highest BCUT2D eigenvalue weighted by Crippen LogP contribution is 2.21. The molecular weight excluding hydrogens is 180 g/mol. The zero-order valence-electron chi connectivity index (χ0n) is 7.14. The van der Waals surface area contributed by atoms with Gasteiger partial charge >= 0.3 is 0 Å². The number of nitrogens with zero attached hydrogens (tertiary/aromatic N) is 3. The third-order valence-electron chi connectivity index (χ3n) is 2.04. The molecule has 5 heteroatoms. The average Bonchev–Trinajstić information content (AvgIpc) is 2.55. The van der Waals surface area contributed by atoms with E-state index in [-0.39, 0.29) is 0 Å². The summed E-state index contributed by atoms with van der Waals surface area (Å²) in [5, 5.41) is 13.0. The Hall–Kier alpha value is -2.17. The van der Waals surface area contributed by atoms with Gasteiger partial charge < -0.3 is 4.84 Å². The van der Waals surface area contributed by atoms with Crippen LogP contribution in [0.2, 0.25) is 0 Å². The van der Waals surface area contributed by atoms with Gasteiger partial charge in [0.05, 0.1) is 0 Å². The van der Waals surface area contributed by atoms with Crippen LogP contribution in [-0.2, 0) is 0 Å². The molecule has 0 aliphatic carbocycles. The lowest BCUT2D eigenvalue weighted by Gasteiger charge is -2.03. The Morgan fingerprint density at radius 3 is 3.29 bits per heavy atom. The third kappa shape index (κ3) is 0.922. The van der Waals surface area contributed by atoms with Gasteiger partial charge in [-0.3, -0.25) is 0 Å². The quantitative estimate of drug-likeness (QED) is 0.641. The first kappa shape index (κ1) is 7.25. The SMILES string of the molecule is C1=CNOc2c3c(ccc2=C1)=NN=N3. The van der Waals surface area contributed by atoms with Gasteiger partial charge in [0.1, 0.15) is 5.36 Å². The second-order valence-corrected chi connectivity index (χ2v) is 2.89. The van der Waals surface area contributed by atoms with Crippen LogP contribution < -0.4 is 20.9 Å². The summed E-state index contributed by atoms with van der Waals surface area (Å²) in [7, 11) is 0. The molecule has 0 aromatic heterocycles. The van der Waals surface area contributed by atoms with E-state index in [1.807, 2.05) is 24.3 Å². The van der Waals surface area contributed by atoms with Crippen LogP contribution in [0.3, 0.4) is 0 Å². The number of allylic oxidation sites excluding steroid dienone is 1. The van der Waals surface area contributed by atoms with E-state index in [9.17, 15) is 0 Å². The summed E-state index contributed by atoms with van der Waals surface area (Å²) in [5.41, 5.74) is 3.35. The predicted molar refractivity (Wildman–Crippen MR) is 49.1 cm³/mol. The molecule has 68 valence electrons. The fourth-order valence-electron chi connectivity index (χ4n) is 1.39. The van der Waals surface area contributed by atoms with Crippen LogP contribution >= 0.6 is 0 Å². The number of rotatable bonds is 0. The fourth-order valence-corrected chi connectivity index (χ4v) is 1.39. The fraction of sp³-hybridized carbons (Fsp3) is 0. The van der Waals surface area contributed by atoms with E-state index in [1.165, 1.54) is 0 Å². The maximum Gasteiger partial charge on any atom is 0.192 e. The van der Waals surface area contributed by atoms with Gasteiger partial charge in [0, 0.05) is 11.4 Å². The molecule has 2 aliphatic heterocycles. The maximum atomic E-state index is 5.31. The van der Waals surface area contributed by atoms with Crippen molar-refractivity contribution in [2.45, 2.75) is 0 Å². The van der Waals surface area contributed by atoms with Crippen LogP contribution in [0.5, 0.6) is 5.75 Å². The van der Waals surface area contributed by atoms with Gasteiger partial charge in [0.2, 0.25) is 0 Å². The van der Waals surface area contributed by atoms with Crippen LogP contribution in [-0.4, -0.2) is 0 Å². The van der Waals surface area contributed by atoms with Crippen LogP contribution in [0.25, 0.3) is 6.08 Å². The lowest BCUT2D eigenvalue weighted by molar-refractivity contribution is 0.243. The number of hydrogen-bond acceptors (Lipinski definition) is 5. The Morgan fingerprint density at radius 2 is 2.29 bits per heavy atom. The van der Waals surface area contributed by atoms with E-state index in [0.717, 1.165) is 10.6 Å². The van der Waals surface area contributed by atoms with Crippen LogP contribution in [0, 0.1) is 0 Å². The minimum Gasteiger partial charge on any atom is -0.380 e. The van der Waals surface area contributed by atoms with Crippen molar-refractivity contribution in [1.82, 2.24) is 5.48 Å². The third-order valence-corrected chi connectivity index (χ3v) is 2.04. The van der Waals surface area contributed by atoms with E-state index in [0.29, 0.717) is 11.4 Å². The molecule has 0 fully saturated rings. The Morgan fingerprint density at radius 1 is 1.29 bits per heavy atom. The van der Waals surface area contributed by atoms with Crippen molar-refractivity contribution in [1.29, 1.82) is 0 Å². The minimum absolute atomic E-state index is 0.664. The highest BCUT2D eigenvalue weighted by Gasteiger charge is 2.12. The molecule has 1 aromatic carbocycles. The van der Waals surface area contributed by atoms with Gasteiger partial charge in [0.15, 0.2) is 11.4 Å². The van der Waals surface area contributed by atoms with E-state index < -0.39 is 0 Å². The Balaban J connectivity index is 2.39. The highest BCUT2D eigenvalue weighted by molar-refractivity contribution is 5.56. The number of benzene rings is 1. The molecule has 0 amide bonds. The van der Waals surface area contributed by atoms with Crippen molar-refractivity contribution in [3.8, 4) is 5.75 Å². The smallest absolute Gasteiger partial charge is 0.192 e. The summed E-state index contributed by atoms with van der Waals surface area (Å²) in [6.07, 6.45) is 5.50. The number of fused-ring (bicyclic) bond motifs is 3. The van der Waals surface area contributed by atoms with E-state index >= 15 is 0 Å². The van der Waals surface area contributed by atoms with Crippen molar-refractivity contribution in [2.75, 3.05) is 0 Å². The topological polar surface area (TPSA) is 58.3 Å². The normalized spacial score (nSPS) is 15.4. The summed E-state index contributed by atoms with van der Waals surface area (Å²) in [5.74, 6) is 0.664. The molecule has 5 nitrogen and oxygen atoms in total. The van der Waals surface area contributed by atoms with Crippen molar-refractivity contribution in [3.05, 3.63) is 35.0 Å². The standard InChI is InChI=1S/C9H6N4O/c1-2-6-3-4-7-8(12-13-11-7)9(6)14-10-5-1/h1-5,10H. The zero-order chi connectivity index (χ0) is 9.38. The lowest BCUT2D eigenvalue weighted by atomic mass is 10.2. The summed E-state index contributed by atoms with van der Waals surface area (Å²) < 4.78 is 0. The molecule has 0 unspecified atom stereocenters. The first-order valence-electron chi connectivity index (χ1n) is 4.16. The van der Waals surface area contributed by atoms with Crippen LogP contribution in [0.1, 0.15) is 0 Å². The summed E-state index contributed by atoms with van der Waals surface area (Å²) in [4.78, 5) is 5.31. The van der Waals surface area contributed by atoms with E-state index in [1.54, 1.807) is 6.20 Å². The van der Waals surface area contributed by atoms with Gasteiger partial charge in [-0.1, -0.05) is 0 Å². The second-order valence-electron chi connectivity index (χ2n) is 2.89. The molecule has 0 spiro atoms. The zero-order valence-corrected chi connectivity index (χ0v) is 7.14. The largest absolute Gasteiger partial charge is 0.380 e. The molecule has 2 heterocycles. The highest BCUT2D eigenvalue weighted by atomic mass is 16.6. The van der Waals surface area contributed by atoms with Crippen molar-refractivity contribution in [3.63, 3.8) is 0 Å². The molecule has 14 heavy (non-hydrogen) atoms. The van der Waals surface area contributed by atoms with Gasteiger partial charge in [0.25, 0.3) is 0 Å². The molecule has 0 bridgehead atoms. The van der Waals surface area contributed by atoms with E-state index in [4.69, 9.17) is 4.84 Å². The van der Waals surface area contributed by atoms with Gasteiger partial charge in [-0.05, 0) is 29.5 Å². The monoisotopic (exact) mass is 186 g/mol. The summed E-state index contributed by atoms with van der Waals surface area (Å²) in [6.45, 7) is 0. The van der Waals surface area contributed by atoms with Crippen LogP contribution in [0.4, 0.5) is 5.69 Å². The minimum atomic E-state index is 0.664. The molecule has 0 radical (unpaired) electrons. The molecular formula is C9H6N4O. The average molecular weight is 186 g/mol. The van der Waals surface area contributed by atoms with Crippen molar-refractivity contribution < 1.29 is 4.84 Å². The molecule has 1 N–H and O–H groups in total. The Labute approximate surface area is 79.1 Å². The molecule has 0 atom stereocenters. The second kappa shape index (κ2) is 2.66. The molecule has 2 aliphatic rings. The maximum absolute atomic E-state index is 5.31. The number of hydrogen-bond donors (Lipinski definition) is 1. The Kier molecular flexibility index (Phi) is 1.38. The summed E-state index contributed by atoms with van der Waals surface area (Å²) in [6, 6.07) is 3.79. The molecule has 0 saturated heterocycles. The van der Waals surface area contributed by atoms with Gasteiger partial charge in [-0.15, -0.1) is 10.2 Å². The van der Waals surface area contributed by atoms with E-state index in [2.05, 4.69) is 20.9 Å². The lowest BCUT2D eigenvalue weighted by Crippen LogP contribution is -2.17. The molecule has 0 saturated carbocycles. The van der Waals surface area contributed by atoms with Crippen molar-refractivity contribution in [2.24, 2.45) is 15.4 Å². The predicted octanol–water partition coefficient (Wildman–Crippen LogP) is 0.510.